The zero-order valence-corrected chi connectivity index (χ0v) is 65.3. The third-order valence-corrected chi connectivity index (χ3v) is 20.0. The highest BCUT2D eigenvalue weighted by atomic mass is 31.2. The number of carbonyl (C=O) groups excluding carboxylic acids is 4. The molecule has 97 heavy (non-hydrogen) atoms. The molecule has 17 nitrogen and oxygen atoms in total. The lowest BCUT2D eigenvalue weighted by molar-refractivity contribution is -0.161. The number of ether oxygens (including phenoxy) is 4. The molecule has 0 aliphatic carbocycles. The highest BCUT2D eigenvalue weighted by molar-refractivity contribution is 7.47. The molecular weight excluding hydrogens is 1270 g/mol. The van der Waals surface area contributed by atoms with Crippen molar-refractivity contribution in [3.05, 3.63) is 0 Å². The first kappa shape index (κ1) is 95.1. The molecule has 0 aromatic heterocycles. The average Bonchev–Trinajstić information content (AvgIpc) is 1.38. The summed E-state index contributed by atoms with van der Waals surface area (Å²) in [5.74, 6) is 0.0845. The van der Waals surface area contributed by atoms with Gasteiger partial charge in [0, 0.05) is 25.7 Å². The first-order valence-corrected chi connectivity index (χ1v) is 43.3. The van der Waals surface area contributed by atoms with Crippen molar-refractivity contribution in [3.8, 4) is 0 Å². The van der Waals surface area contributed by atoms with Gasteiger partial charge in [-0.25, -0.2) is 9.13 Å². The highest BCUT2D eigenvalue weighted by Gasteiger charge is 2.30. The van der Waals surface area contributed by atoms with Crippen LogP contribution >= 0.6 is 15.6 Å². The number of aliphatic hydroxyl groups excluding tert-OH is 1. The van der Waals surface area contributed by atoms with Crippen molar-refractivity contribution in [2.45, 2.75) is 420 Å². The second-order valence-electron chi connectivity index (χ2n) is 29.5. The zero-order valence-electron chi connectivity index (χ0n) is 63.5. The van der Waals surface area contributed by atoms with Crippen LogP contribution in [0.15, 0.2) is 0 Å². The van der Waals surface area contributed by atoms with Gasteiger partial charge in [0.15, 0.2) is 12.2 Å². The Hall–Kier alpha value is -1.94. The van der Waals surface area contributed by atoms with Gasteiger partial charge in [0.1, 0.15) is 19.3 Å². The number of unbranched alkanes of at least 4 members (excludes halogenated alkanes) is 44. The number of esters is 4. The molecule has 0 rings (SSSR count). The van der Waals surface area contributed by atoms with Crippen LogP contribution in [0.1, 0.15) is 402 Å². The maximum Gasteiger partial charge on any atom is 0.472 e. The first-order chi connectivity index (χ1) is 46.7. The van der Waals surface area contributed by atoms with E-state index in [0.717, 1.165) is 108 Å². The molecule has 0 aliphatic rings. The summed E-state index contributed by atoms with van der Waals surface area (Å²) in [7, 11) is -9.91. The molecule has 0 spiro atoms. The quantitative estimate of drug-likeness (QED) is 0.0222. The van der Waals surface area contributed by atoms with Crippen LogP contribution in [0.25, 0.3) is 0 Å². The Morgan fingerprint density at radius 3 is 0.701 bits per heavy atom. The molecule has 2 unspecified atom stereocenters. The molecule has 19 heteroatoms. The zero-order chi connectivity index (χ0) is 71.6. The Morgan fingerprint density at radius 1 is 0.278 bits per heavy atom. The second kappa shape index (κ2) is 68.5. The van der Waals surface area contributed by atoms with E-state index in [1.165, 1.54) is 205 Å². The molecule has 0 bridgehead atoms. The molecule has 0 aromatic carbocycles. The summed E-state index contributed by atoms with van der Waals surface area (Å²) in [6.07, 6.45) is 55.8. The van der Waals surface area contributed by atoms with Crippen LogP contribution in [0.3, 0.4) is 0 Å². The fourth-order valence-electron chi connectivity index (χ4n) is 12.0. The summed E-state index contributed by atoms with van der Waals surface area (Å²) in [5.41, 5.74) is 0. The maximum atomic E-state index is 13.1. The van der Waals surface area contributed by atoms with Crippen molar-refractivity contribution in [2.75, 3.05) is 39.6 Å². The van der Waals surface area contributed by atoms with Gasteiger partial charge >= 0.3 is 39.5 Å². The largest absolute Gasteiger partial charge is 0.472 e. The smallest absolute Gasteiger partial charge is 0.462 e. The highest BCUT2D eigenvalue weighted by Crippen LogP contribution is 2.45. The summed E-state index contributed by atoms with van der Waals surface area (Å²) < 4.78 is 68.5. The monoisotopic (exact) mass is 1420 g/mol. The molecule has 0 radical (unpaired) electrons. The minimum Gasteiger partial charge on any atom is -0.462 e. The van der Waals surface area contributed by atoms with Crippen LogP contribution in [0.2, 0.25) is 0 Å². The summed E-state index contributed by atoms with van der Waals surface area (Å²) in [6, 6.07) is 0. The van der Waals surface area contributed by atoms with Gasteiger partial charge in [-0.05, 0) is 43.4 Å². The van der Waals surface area contributed by atoms with Gasteiger partial charge in [0.05, 0.1) is 26.4 Å². The Labute approximate surface area is 594 Å². The Bertz CT molecular complexity index is 1890. The van der Waals surface area contributed by atoms with E-state index in [4.69, 9.17) is 37.0 Å². The van der Waals surface area contributed by atoms with Gasteiger partial charge in [-0.15, -0.1) is 0 Å². The third-order valence-electron chi connectivity index (χ3n) is 18.1. The van der Waals surface area contributed by atoms with Gasteiger partial charge in [-0.3, -0.25) is 37.3 Å². The van der Waals surface area contributed by atoms with Gasteiger partial charge in [0.25, 0.3) is 0 Å². The van der Waals surface area contributed by atoms with E-state index in [1.807, 2.05) is 0 Å². The van der Waals surface area contributed by atoms with Gasteiger partial charge < -0.3 is 33.8 Å². The van der Waals surface area contributed by atoms with E-state index in [0.29, 0.717) is 31.6 Å². The van der Waals surface area contributed by atoms with E-state index >= 15 is 0 Å². The number of phosphoric ester groups is 2. The van der Waals surface area contributed by atoms with Crippen LogP contribution in [-0.4, -0.2) is 96.7 Å². The third kappa shape index (κ3) is 72.2. The molecule has 0 aromatic rings. The van der Waals surface area contributed by atoms with Crippen LogP contribution in [0, 0.1) is 17.8 Å². The molecule has 0 fully saturated rings. The summed E-state index contributed by atoms with van der Waals surface area (Å²) >= 11 is 0. The van der Waals surface area contributed by atoms with Crippen LogP contribution < -0.4 is 0 Å². The number of carbonyl (C=O) groups is 4. The Balaban J connectivity index is 5.21. The van der Waals surface area contributed by atoms with Crippen molar-refractivity contribution in [1.82, 2.24) is 0 Å². The molecule has 0 saturated heterocycles. The minimum atomic E-state index is -4.96. The Kier molecular flexibility index (Phi) is 67.1. The van der Waals surface area contributed by atoms with Crippen molar-refractivity contribution in [2.24, 2.45) is 17.8 Å². The molecule has 0 aliphatic heterocycles. The van der Waals surface area contributed by atoms with E-state index < -0.39 is 97.5 Å². The fourth-order valence-corrected chi connectivity index (χ4v) is 13.5. The van der Waals surface area contributed by atoms with E-state index in [-0.39, 0.29) is 25.7 Å². The van der Waals surface area contributed by atoms with Crippen LogP contribution in [0.5, 0.6) is 0 Å². The Morgan fingerprint density at radius 2 is 0.474 bits per heavy atom. The number of aliphatic hydroxyl groups is 1. The lowest BCUT2D eigenvalue weighted by atomic mass is 10.0. The minimum absolute atomic E-state index is 0.103. The second-order valence-corrected chi connectivity index (χ2v) is 32.4. The predicted molar refractivity (Wildman–Crippen MR) is 395 cm³/mol. The lowest BCUT2D eigenvalue weighted by Crippen LogP contribution is -2.30. The van der Waals surface area contributed by atoms with Crippen molar-refractivity contribution < 1.29 is 80.2 Å². The average molecular weight is 1420 g/mol. The summed E-state index contributed by atoms with van der Waals surface area (Å²) in [4.78, 5) is 72.8. The summed E-state index contributed by atoms with van der Waals surface area (Å²) in [6.45, 7) is 11.8. The van der Waals surface area contributed by atoms with Crippen molar-refractivity contribution in [1.29, 1.82) is 0 Å². The van der Waals surface area contributed by atoms with Crippen molar-refractivity contribution >= 4 is 39.5 Å². The number of hydrogen-bond donors (Lipinski definition) is 3. The summed E-state index contributed by atoms with van der Waals surface area (Å²) in [5, 5.41) is 10.6. The topological polar surface area (TPSA) is 237 Å². The normalized spacial score (nSPS) is 14.0. The standard InChI is InChI=1S/C78H152O17P2/c1-8-9-10-11-12-13-14-15-16-17-18-19-22-26-29-32-38-47-54-61-77(82)94-73(65-88-75(80)59-52-45-37-31-28-25-23-20-21-24-27-30-35-42-49-56-69(2)3)67-92-96(84,85)90-63-72(79)64-91-97(86,87)93-68-74(66-89-76(81)60-53-46-41-40-44-51-58-71(6)7)95-78(83)62-55-48-39-34-33-36-43-50-57-70(4)5/h69-74,79H,8-68H2,1-7H3,(H,84,85)(H,86,87)/t72-,73-,74-/m1/s1. The van der Waals surface area contributed by atoms with Gasteiger partial charge in [-0.1, -0.05) is 350 Å². The lowest BCUT2D eigenvalue weighted by Gasteiger charge is -2.21. The first-order valence-electron chi connectivity index (χ1n) is 40.3. The predicted octanol–water partition coefficient (Wildman–Crippen LogP) is 23.0. The van der Waals surface area contributed by atoms with Crippen LogP contribution in [0.4, 0.5) is 0 Å². The number of hydrogen-bond acceptors (Lipinski definition) is 15. The molecule has 0 saturated carbocycles. The van der Waals surface area contributed by atoms with E-state index in [9.17, 15) is 43.2 Å². The number of rotatable bonds is 76. The van der Waals surface area contributed by atoms with E-state index in [1.54, 1.807) is 0 Å². The SMILES string of the molecule is CCCCCCCCCCCCCCCCCCCCCC(=O)O[C@H](COC(=O)CCCCCCCCCCCCCCCCCC(C)C)COP(=O)(O)OC[C@@H](O)COP(=O)(O)OC[C@@H](COC(=O)CCCCCCCCC(C)C)OC(=O)CCCCCCCCCCC(C)C. The molecule has 576 valence electrons. The van der Waals surface area contributed by atoms with Gasteiger partial charge in [0.2, 0.25) is 0 Å². The number of phosphoric acid groups is 2. The molecular formula is C78H152O17P2. The molecule has 0 amide bonds. The molecule has 5 atom stereocenters. The molecule has 3 N–H and O–H groups in total. The van der Waals surface area contributed by atoms with Gasteiger partial charge in [-0.2, -0.15) is 0 Å². The van der Waals surface area contributed by atoms with E-state index in [2.05, 4.69) is 48.5 Å². The maximum absolute atomic E-state index is 13.1. The van der Waals surface area contributed by atoms with Crippen LogP contribution in [-0.2, 0) is 65.4 Å². The fraction of sp³-hybridized carbons (Fsp3) is 0.949. The van der Waals surface area contributed by atoms with Crippen molar-refractivity contribution in [3.63, 3.8) is 0 Å². The molecule has 0 heterocycles.